The molecule has 9 heteroatoms. The van der Waals surface area contributed by atoms with E-state index in [0.29, 0.717) is 11.6 Å². The number of rotatable bonds is 11. The highest BCUT2D eigenvalue weighted by Gasteiger charge is 2.32. The lowest BCUT2D eigenvalue weighted by Crippen LogP contribution is -2.51. The zero-order valence-corrected chi connectivity index (χ0v) is 23.7. The maximum atomic E-state index is 13.9. The zero-order valence-electron chi connectivity index (χ0n) is 22.1. The molecule has 38 heavy (non-hydrogen) atoms. The molecule has 0 bridgehead atoms. The summed E-state index contributed by atoms with van der Waals surface area (Å²) in [4.78, 5) is 28.3. The van der Waals surface area contributed by atoms with Crippen LogP contribution in [0.1, 0.15) is 31.9 Å². The number of nitrogens with zero attached hydrogens (tertiary/aromatic N) is 2. The summed E-state index contributed by atoms with van der Waals surface area (Å²) < 4.78 is 28.6. The largest absolute Gasteiger partial charge is 0.354 e. The highest BCUT2D eigenvalue weighted by molar-refractivity contribution is 7.92. The molecule has 0 radical (unpaired) electrons. The van der Waals surface area contributed by atoms with Crippen molar-refractivity contribution in [3.05, 3.63) is 95.0 Å². The van der Waals surface area contributed by atoms with E-state index >= 15 is 0 Å². The number of amides is 2. The molecule has 0 aliphatic rings. The van der Waals surface area contributed by atoms with Crippen LogP contribution in [-0.2, 0) is 26.2 Å². The lowest BCUT2D eigenvalue weighted by atomic mass is 10.1. The van der Waals surface area contributed by atoms with Crippen LogP contribution in [0.4, 0.5) is 5.69 Å². The summed E-state index contributed by atoms with van der Waals surface area (Å²) in [5.41, 5.74) is 1.86. The molecule has 1 unspecified atom stereocenters. The van der Waals surface area contributed by atoms with Crippen molar-refractivity contribution in [1.29, 1.82) is 0 Å². The van der Waals surface area contributed by atoms with Crippen LogP contribution in [0.2, 0.25) is 5.02 Å². The van der Waals surface area contributed by atoms with E-state index < -0.39 is 28.5 Å². The van der Waals surface area contributed by atoms with E-state index in [0.717, 1.165) is 15.4 Å². The number of carbonyl (C=O) groups is 2. The molecule has 1 atom stereocenters. The smallest absolute Gasteiger partial charge is 0.264 e. The van der Waals surface area contributed by atoms with Crippen molar-refractivity contribution in [3.8, 4) is 0 Å². The minimum atomic E-state index is -4.13. The Morgan fingerprint density at radius 3 is 2.11 bits per heavy atom. The summed E-state index contributed by atoms with van der Waals surface area (Å²) >= 11 is 6.34. The molecule has 0 spiro atoms. The molecule has 0 aliphatic carbocycles. The Morgan fingerprint density at radius 1 is 0.921 bits per heavy atom. The number of hydrogen-bond donors (Lipinski definition) is 1. The van der Waals surface area contributed by atoms with Gasteiger partial charge in [-0.2, -0.15) is 0 Å². The average molecular weight is 556 g/mol. The van der Waals surface area contributed by atoms with Gasteiger partial charge >= 0.3 is 0 Å². The Morgan fingerprint density at radius 2 is 1.53 bits per heavy atom. The normalized spacial score (nSPS) is 12.2. The Hall–Kier alpha value is -3.36. The molecule has 0 heterocycles. The van der Waals surface area contributed by atoms with E-state index in [1.165, 1.54) is 23.1 Å². The van der Waals surface area contributed by atoms with Crippen LogP contribution in [-0.4, -0.2) is 44.3 Å². The number of carbonyl (C=O) groups excluding carboxylic acids is 2. The van der Waals surface area contributed by atoms with Crippen molar-refractivity contribution >= 4 is 39.1 Å². The Bertz CT molecular complexity index is 1350. The number of hydrogen-bond acceptors (Lipinski definition) is 4. The van der Waals surface area contributed by atoms with Crippen LogP contribution in [0.25, 0.3) is 0 Å². The minimum absolute atomic E-state index is 0.0434. The number of halogens is 1. The number of benzene rings is 3. The van der Waals surface area contributed by atoms with Crippen LogP contribution >= 0.6 is 11.6 Å². The van der Waals surface area contributed by atoms with Crippen LogP contribution in [0.3, 0.4) is 0 Å². The summed E-state index contributed by atoms with van der Waals surface area (Å²) in [6.07, 6.45) is 0. The van der Waals surface area contributed by atoms with Gasteiger partial charge < -0.3 is 10.2 Å². The van der Waals surface area contributed by atoms with Gasteiger partial charge in [0.2, 0.25) is 11.8 Å². The third-order valence-electron chi connectivity index (χ3n) is 6.10. The Kier molecular flexibility index (Phi) is 9.94. The Balaban J connectivity index is 2.01. The third kappa shape index (κ3) is 7.36. The number of aryl methyl sites for hydroxylation is 1. The molecule has 0 aromatic heterocycles. The van der Waals surface area contributed by atoms with Crippen molar-refractivity contribution in [2.75, 3.05) is 17.4 Å². The second kappa shape index (κ2) is 12.9. The molecule has 0 saturated heterocycles. The maximum absolute atomic E-state index is 13.9. The fraction of sp³-hybridized carbons (Fsp3) is 0.310. The third-order valence-corrected chi connectivity index (χ3v) is 8.30. The first kappa shape index (κ1) is 29.2. The quantitative estimate of drug-likeness (QED) is 0.359. The van der Waals surface area contributed by atoms with Gasteiger partial charge in [-0.25, -0.2) is 8.42 Å². The summed E-state index contributed by atoms with van der Waals surface area (Å²) in [7, 11) is -4.13. The van der Waals surface area contributed by atoms with Gasteiger partial charge in [-0.15, -0.1) is 0 Å². The van der Waals surface area contributed by atoms with Gasteiger partial charge in [0.15, 0.2) is 0 Å². The number of sulfonamides is 1. The minimum Gasteiger partial charge on any atom is -0.354 e. The van der Waals surface area contributed by atoms with Crippen molar-refractivity contribution in [2.45, 2.75) is 45.2 Å². The van der Waals surface area contributed by atoms with E-state index in [4.69, 9.17) is 11.6 Å². The first-order chi connectivity index (χ1) is 18.0. The second-order valence-electron chi connectivity index (χ2n) is 9.58. The van der Waals surface area contributed by atoms with E-state index in [1.807, 2.05) is 51.1 Å². The first-order valence-corrected chi connectivity index (χ1v) is 14.3. The second-order valence-corrected chi connectivity index (χ2v) is 11.8. The maximum Gasteiger partial charge on any atom is 0.264 e. The van der Waals surface area contributed by atoms with E-state index in [-0.39, 0.29) is 29.0 Å². The molecule has 0 aliphatic heterocycles. The Labute approximate surface area is 230 Å². The molecular formula is C29H34ClN3O4S. The predicted octanol–water partition coefficient (Wildman–Crippen LogP) is 5.03. The van der Waals surface area contributed by atoms with E-state index in [1.54, 1.807) is 37.3 Å². The van der Waals surface area contributed by atoms with Gasteiger partial charge in [-0.1, -0.05) is 80.0 Å². The summed E-state index contributed by atoms with van der Waals surface area (Å²) in [5, 5.41) is 3.26. The number of anilines is 1. The van der Waals surface area contributed by atoms with Gasteiger partial charge in [0.05, 0.1) is 10.6 Å². The van der Waals surface area contributed by atoms with Crippen LogP contribution in [0, 0.1) is 12.8 Å². The molecule has 1 N–H and O–H groups in total. The zero-order chi connectivity index (χ0) is 27.9. The number of nitrogens with one attached hydrogen (secondary N) is 1. The fourth-order valence-electron chi connectivity index (χ4n) is 3.80. The topological polar surface area (TPSA) is 86.8 Å². The van der Waals surface area contributed by atoms with Crippen molar-refractivity contribution in [3.63, 3.8) is 0 Å². The van der Waals surface area contributed by atoms with E-state index in [2.05, 4.69) is 5.32 Å². The molecule has 2 amide bonds. The SMILES string of the molecule is Cc1ccc(N(CC(=O)N(Cc2ccccc2)C(C)C(=O)NCC(C)C)S(=O)(=O)c2ccccc2)cc1Cl. The van der Waals surface area contributed by atoms with Crippen LogP contribution in [0.5, 0.6) is 0 Å². The molecule has 3 aromatic rings. The summed E-state index contributed by atoms with van der Waals surface area (Å²) in [6, 6.07) is 21.2. The molecule has 3 rings (SSSR count). The predicted molar refractivity (Wildman–Crippen MR) is 151 cm³/mol. The van der Waals surface area contributed by atoms with Crippen molar-refractivity contribution in [2.24, 2.45) is 5.92 Å². The standard InChI is InChI=1S/C29H34ClN3O4S/c1-21(2)18-31-29(35)23(4)32(19-24-11-7-5-8-12-24)28(34)20-33(25-16-15-22(3)27(30)17-25)38(36,37)26-13-9-6-10-14-26/h5-17,21,23H,18-20H2,1-4H3,(H,31,35). The molecule has 0 saturated carbocycles. The van der Waals surface area contributed by atoms with Gasteiger partial charge in [0, 0.05) is 18.1 Å². The van der Waals surface area contributed by atoms with E-state index in [9.17, 15) is 18.0 Å². The molecule has 7 nitrogen and oxygen atoms in total. The van der Waals surface area contributed by atoms with Crippen LogP contribution < -0.4 is 9.62 Å². The van der Waals surface area contributed by atoms with Gasteiger partial charge in [0.1, 0.15) is 12.6 Å². The van der Waals surface area contributed by atoms with Crippen LogP contribution in [0.15, 0.2) is 83.8 Å². The fourth-order valence-corrected chi connectivity index (χ4v) is 5.40. The van der Waals surface area contributed by atoms with Crippen molar-refractivity contribution in [1.82, 2.24) is 10.2 Å². The summed E-state index contributed by atoms with van der Waals surface area (Å²) in [5.74, 6) is -0.585. The average Bonchev–Trinajstić information content (AvgIpc) is 2.91. The summed E-state index contributed by atoms with van der Waals surface area (Å²) in [6.45, 7) is 7.53. The van der Waals surface area contributed by atoms with Gasteiger partial charge in [-0.05, 0) is 55.2 Å². The van der Waals surface area contributed by atoms with Crippen molar-refractivity contribution < 1.29 is 18.0 Å². The lowest BCUT2D eigenvalue weighted by molar-refractivity contribution is -0.139. The molecule has 3 aromatic carbocycles. The molecular weight excluding hydrogens is 522 g/mol. The lowest BCUT2D eigenvalue weighted by Gasteiger charge is -2.32. The highest BCUT2D eigenvalue weighted by atomic mass is 35.5. The monoisotopic (exact) mass is 555 g/mol. The van der Waals surface area contributed by atoms with Gasteiger partial charge in [-0.3, -0.25) is 13.9 Å². The van der Waals surface area contributed by atoms with Gasteiger partial charge in [0.25, 0.3) is 10.0 Å². The molecule has 0 fully saturated rings. The molecule has 202 valence electrons. The highest BCUT2D eigenvalue weighted by Crippen LogP contribution is 2.28. The first-order valence-electron chi connectivity index (χ1n) is 12.5.